The molecule has 24 heavy (non-hydrogen) atoms. The Balaban J connectivity index is 1.38. The maximum Gasteiger partial charge on any atom is 0.221 e. The molecule has 3 rings (SSSR count). The summed E-state index contributed by atoms with van der Waals surface area (Å²) in [4.78, 5) is 14.4. The van der Waals surface area contributed by atoms with Crippen LogP contribution in [0, 0.1) is 0 Å². The Morgan fingerprint density at radius 2 is 2.04 bits per heavy atom. The molecule has 1 N–H and O–H groups in total. The van der Waals surface area contributed by atoms with Crippen molar-refractivity contribution in [2.75, 3.05) is 39.4 Å². The Kier molecular flexibility index (Phi) is 6.29. The minimum absolute atomic E-state index is 0.119. The van der Waals surface area contributed by atoms with Gasteiger partial charge in [-0.3, -0.25) is 9.69 Å². The van der Waals surface area contributed by atoms with E-state index < -0.39 is 0 Å². The molecular weight excluding hydrogens is 370 g/mol. The third-order valence-corrected chi connectivity index (χ3v) is 5.11. The van der Waals surface area contributed by atoms with Crippen molar-refractivity contribution in [1.29, 1.82) is 0 Å². The average Bonchev–Trinajstić information content (AvgIpc) is 3.02. The highest BCUT2D eigenvalue weighted by atomic mass is 79.9. The largest absolute Gasteiger partial charge is 0.379 e. The molecule has 1 aliphatic rings. The van der Waals surface area contributed by atoms with Gasteiger partial charge < -0.3 is 14.6 Å². The lowest BCUT2D eigenvalue weighted by atomic mass is 10.2. The van der Waals surface area contributed by atoms with E-state index in [1.165, 1.54) is 5.39 Å². The highest BCUT2D eigenvalue weighted by Crippen LogP contribution is 2.24. The Morgan fingerprint density at radius 1 is 1.21 bits per heavy atom. The van der Waals surface area contributed by atoms with Crippen LogP contribution in [0.2, 0.25) is 0 Å². The minimum Gasteiger partial charge on any atom is -0.379 e. The summed E-state index contributed by atoms with van der Waals surface area (Å²) < 4.78 is 8.55. The molecule has 6 heteroatoms. The maximum atomic E-state index is 12.0. The Hall–Kier alpha value is -1.37. The van der Waals surface area contributed by atoms with Gasteiger partial charge in [-0.25, -0.2) is 0 Å². The predicted molar refractivity (Wildman–Crippen MR) is 99.1 cm³/mol. The normalized spacial score (nSPS) is 15.7. The molecule has 2 heterocycles. The number of hydrogen-bond acceptors (Lipinski definition) is 3. The van der Waals surface area contributed by atoms with Crippen LogP contribution in [-0.4, -0.2) is 54.8 Å². The summed E-state index contributed by atoms with van der Waals surface area (Å²) >= 11 is 3.56. The first-order valence-electron chi connectivity index (χ1n) is 8.54. The van der Waals surface area contributed by atoms with E-state index in [1.54, 1.807) is 0 Å². The van der Waals surface area contributed by atoms with Gasteiger partial charge in [0, 0.05) is 54.2 Å². The van der Waals surface area contributed by atoms with Crippen molar-refractivity contribution in [3.63, 3.8) is 0 Å². The second-order valence-corrected chi connectivity index (χ2v) is 6.94. The molecule has 1 aromatic carbocycles. The van der Waals surface area contributed by atoms with Crippen LogP contribution in [0.5, 0.6) is 0 Å². The minimum atomic E-state index is 0.119. The zero-order valence-electron chi connectivity index (χ0n) is 13.8. The lowest BCUT2D eigenvalue weighted by Crippen LogP contribution is -2.38. The van der Waals surface area contributed by atoms with Crippen LogP contribution in [0.3, 0.4) is 0 Å². The quantitative estimate of drug-likeness (QED) is 0.735. The predicted octanol–water partition coefficient (Wildman–Crippen LogP) is 2.63. The van der Waals surface area contributed by atoms with E-state index in [-0.39, 0.29) is 5.91 Å². The molecule has 5 nitrogen and oxygen atoms in total. The highest BCUT2D eigenvalue weighted by molar-refractivity contribution is 9.10. The summed E-state index contributed by atoms with van der Waals surface area (Å²) in [5, 5.41) is 4.21. The maximum absolute atomic E-state index is 12.0. The first-order chi connectivity index (χ1) is 11.7. The van der Waals surface area contributed by atoms with Crippen LogP contribution >= 0.6 is 15.9 Å². The van der Waals surface area contributed by atoms with Crippen molar-refractivity contribution < 1.29 is 9.53 Å². The monoisotopic (exact) mass is 393 g/mol. The fraction of sp³-hybridized carbons (Fsp3) is 0.500. The molecule has 0 bridgehead atoms. The first-order valence-corrected chi connectivity index (χ1v) is 9.33. The van der Waals surface area contributed by atoms with Crippen LogP contribution in [0.1, 0.15) is 12.8 Å². The number of carbonyl (C=O) groups is 1. The molecule has 1 aromatic heterocycles. The fourth-order valence-electron chi connectivity index (χ4n) is 3.05. The van der Waals surface area contributed by atoms with Crippen molar-refractivity contribution >= 4 is 32.7 Å². The zero-order chi connectivity index (χ0) is 16.8. The SMILES string of the molecule is O=C(CCn1ccc2c(Br)cccc21)NCCCN1CCOCC1. The van der Waals surface area contributed by atoms with E-state index in [1.807, 2.05) is 18.3 Å². The summed E-state index contributed by atoms with van der Waals surface area (Å²) in [5.74, 6) is 0.119. The lowest BCUT2D eigenvalue weighted by molar-refractivity contribution is -0.121. The number of hydrogen-bond donors (Lipinski definition) is 1. The third kappa shape index (κ3) is 4.59. The first kappa shape index (κ1) is 17.5. The molecule has 0 aliphatic carbocycles. The molecule has 130 valence electrons. The molecule has 2 aromatic rings. The van der Waals surface area contributed by atoms with Gasteiger partial charge >= 0.3 is 0 Å². The number of nitrogens with zero attached hydrogens (tertiary/aromatic N) is 2. The van der Waals surface area contributed by atoms with Crippen molar-refractivity contribution in [2.45, 2.75) is 19.4 Å². The van der Waals surface area contributed by atoms with Crippen LogP contribution in [-0.2, 0) is 16.1 Å². The fourth-order valence-corrected chi connectivity index (χ4v) is 3.53. The van der Waals surface area contributed by atoms with E-state index in [0.717, 1.165) is 55.8 Å². The number of amides is 1. The number of halogens is 1. The molecule has 0 spiro atoms. The Morgan fingerprint density at radius 3 is 2.88 bits per heavy atom. The van der Waals surface area contributed by atoms with Crippen molar-refractivity contribution in [2.24, 2.45) is 0 Å². The standard InChI is InChI=1S/C18H24BrN3O2/c19-16-3-1-4-17-15(16)5-9-22(17)10-6-18(23)20-7-2-8-21-11-13-24-14-12-21/h1,3-5,9H,2,6-8,10-14H2,(H,20,23). The Labute approximate surface area is 151 Å². The average molecular weight is 394 g/mol. The molecular formula is C18H24BrN3O2. The van der Waals surface area contributed by atoms with E-state index in [2.05, 4.69) is 42.8 Å². The second kappa shape index (κ2) is 8.65. The Bertz CT molecular complexity index is 680. The summed E-state index contributed by atoms with van der Waals surface area (Å²) in [6.07, 6.45) is 3.54. The number of benzene rings is 1. The molecule has 1 amide bonds. The summed E-state index contributed by atoms with van der Waals surface area (Å²) in [7, 11) is 0. The van der Waals surface area contributed by atoms with E-state index >= 15 is 0 Å². The van der Waals surface area contributed by atoms with Gasteiger partial charge in [0.2, 0.25) is 5.91 Å². The summed E-state index contributed by atoms with van der Waals surface area (Å²) in [5.41, 5.74) is 1.16. The van der Waals surface area contributed by atoms with Gasteiger partial charge in [0.1, 0.15) is 0 Å². The number of ether oxygens (including phenoxy) is 1. The molecule has 0 unspecified atom stereocenters. The second-order valence-electron chi connectivity index (χ2n) is 6.09. The van der Waals surface area contributed by atoms with Crippen LogP contribution in [0.15, 0.2) is 34.9 Å². The van der Waals surface area contributed by atoms with Crippen LogP contribution < -0.4 is 5.32 Å². The molecule has 0 saturated carbocycles. The van der Waals surface area contributed by atoms with Crippen LogP contribution in [0.4, 0.5) is 0 Å². The number of fused-ring (bicyclic) bond motifs is 1. The topological polar surface area (TPSA) is 46.5 Å². The number of carbonyl (C=O) groups excluding carboxylic acids is 1. The lowest BCUT2D eigenvalue weighted by Gasteiger charge is -2.26. The van der Waals surface area contributed by atoms with Crippen molar-refractivity contribution in [1.82, 2.24) is 14.8 Å². The number of rotatable bonds is 7. The van der Waals surface area contributed by atoms with Gasteiger partial charge in [0.15, 0.2) is 0 Å². The van der Waals surface area contributed by atoms with Gasteiger partial charge in [0.25, 0.3) is 0 Å². The van der Waals surface area contributed by atoms with Crippen molar-refractivity contribution in [3.8, 4) is 0 Å². The van der Waals surface area contributed by atoms with Crippen molar-refractivity contribution in [3.05, 3.63) is 34.9 Å². The molecule has 0 radical (unpaired) electrons. The molecule has 1 aliphatic heterocycles. The number of aromatic nitrogens is 1. The van der Waals surface area contributed by atoms with Crippen LogP contribution in [0.25, 0.3) is 10.9 Å². The number of morpholine rings is 1. The van der Waals surface area contributed by atoms with E-state index in [9.17, 15) is 4.79 Å². The van der Waals surface area contributed by atoms with Gasteiger partial charge in [-0.1, -0.05) is 22.0 Å². The van der Waals surface area contributed by atoms with Gasteiger partial charge in [-0.05, 0) is 31.2 Å². The smallest absolute Gasteiger partial charge is 0.221 e. The highest BCUT2D eigenvalue weighted by Gasteiger charge is 2.10. The molecule has 0 atom stereocenters. The third-order valence-electron chi connectivity index (χ3n) is 4.42. The zero-order valence-corrected chi connectivity index (χ0v) is 15.4. The van der Waals surface area contributed by atoms with Gasteiger partial charge in [0.05, 0.1) is 13.2 Å². The molecule has 1 fully saturated rings. The van der Waals surface area contributed by atoms with Gasteiger partial charge in [-0.15, -0.1) is 0 Å². The molecule has 1 saturated heterocycles. The van der Waals surface area contributed by atoms with Gasteiger partial charge in [-0.2, -0.15) is 0 Å². The van der Waals surface area contributed by atoms with E-state index in [0.29, 0.717) is 13.0 Å². The number of aryl methyl sites for hydroxylation is 1. The van der Waals surface area contributed by atoms with E-state index in [4.69, 9.17) is 4.74 Å². The summed E-state index contributed by atoms with van der Waals surface area (Å²) in [6.45, 7) is 6.14. The summed E-state index contributed by atoms with van der Waals surface area (Å²) in [6, 6.07) is 8.22. The number of nitrogens with one attached hydrogen (secondary N) is 1.